The van der Waals surface area contributed by atoms with Crippen molar-refractivity contribution < 1.29 is 9.59 Å². The van der Waals surface area contributed by atoms with Gasteiger partial charge in [0.05, 0.1) is 12.5 Å². The van der Waals surface area contributed by atoms with Crippen LogP contribution in [0.3, 0.4) is 0 Å². The molecule has 2 atom stereocenters. The fourth-order valence-electron chi connectivity index (χ4n) is 2.47. The lowest BCUT2D eigenvalue weighted by Crippen LogP contribution is -2.35. The summed E-state index contributed by atoms with van der Waals surface area (Å²) >= 11 is 0. The lowest BCUT2D eigenvalue weighted by Gasteiger charge is -2.19. The van der Waals surface area contributed by atoms with Crippen LogP contribution in [0.15, 0.2) is 60.7 Å². The van der Waals surface area contributed by atoms with E-state index >= 15 is 0 Å². The Bertz CT molecular complexity index is 678. The van der Waals surface area contributed by atoms with E-state index in [0.717, 1.165) is 12.0 Å². The largest absolute Gasteiger partial charge is 0.356 e. The Morgan fingerprint density at radius 3 is 2.15 bits per heavy atom. The summed E-state index contributed by atoms with van der Waals surface area (Å²) in [6.45, 7) is 2.43. The minimum atomic E-state index is -0.385. The quantitative estimate of drug-likeness (QED) is 0.663. The van der Waals surface area contributed by atoms with Crippen LogP contribution in [0.4, 0.5) is 0 Å². The normalized spacial score (nSPS) is 12.4. The Labute approximate surface area is 160 Å². The number of carbonyl (C=O) groups excluding carboxylic acids is 2. The van der Waals surface area contributed by atoms with Gasteiger partial charge in [-0.1, -0.05) is 48.5 Å². The summed E-state index contributed by atoms with van der Waals surface area (Å²) < 4.78 is 0. The van der Waals surface area contributed by atoms with Crippen molar-refractivity contribution in [3.8, 4) is 0 Å². The fourth-order valence-corrected chi connectivity index (χ4v) is 2.47. The standard InChI is InChI=1S/C20H25N3O2.ClH/c1-15(21)12-13-22-19(24)14-18(16-8-4-2-5-9-16)23-20(25)17-10-6-3-7-11-17;/h2-11,15,18H,12-14,21H2,1H3,(H,22,24)(H,23,25);1H. The number of halogens is 1. The zero-order chi connectivity index (χ0) is 18.1. The third-order valence-corrected chi connectivity index (χ3v) is 3.85. The van der Waals surface area contributed by atoms with Gasteiger partial charge >= 0.3 is 0 Å². The number of hydrogen-bond acceptors (Lipinski definition) is 3. The van der Waals surface area contributed by atoms with Crippen LogP contribution in [0.2, 0.25) is 0 Å². The molecule has 2 aromatic carbocycles. The summed E-state index contributed by atoms with van der Waals surface area (Å²) in [5.41, 5.74) is 7.16. The van der Waals surface area contributed by atoms with Crippen molar-refractivity contribution >= 4 is 24.2 Å². The van der Waals surface area contributed by atoms with E-state index in [9.17, 15) is 9.59 Å². The van der Waals surface area contributed by atoms with E-state index in [2.05, 4.69) is 10.6 Å². The second kappa shape index (κ2) is 11.3. The smallest absolute Gasteiger partial charge is 0.251 e. The van der Waals surface area contributed by atoms with Gasteiger partial charge in [-0.05, 0) is 31.0 Å². The van der Waals surface area contributed by atoms with Gasteiger partial charge in [0.15, 0.2) is 0 Å². The van der Waals surface area contributed by atoms with Crippen molar-refractivity contribution in [3.05, 3.63) is 71.8 Å². The molecule has 0 bridgehead atoms. The van der Waals surface area contributed by atoms with E-state index in [-0.39, 0.29) is 42.7 Å². The Kier molecular flexibility index (Phi) is 9.41. The second-order valence-electron chi connectivity index (χ2n) is 6.12. The minimum Gasteiger partial charge on any atom is -0.356 e. The fraction of sp³-hybridized carbons (Fsp3) is 0.300. The van der Waals surface area contributed by atoms with Crippen LogP contribution in [0, 0.1) is 0 Å². The molecule has 0 aliphatic rings. The lowest BCUT2D eigenvalue weighted by molar-refractivity contribution is -0.121. The maximum atomic E-state index is 12.5. The molecule has 0 saturated carbocycles. The molecule has 2 aromatic rings. The van der Waals surface area contributed by atoms with Gasteiger partial charge in [0.2, 0.25) is 5.91 Å². The minimum absolute atomic E-state index is 0. The van der Waals surface area contributed by atoms with E-state index in [1.807, 2.05) is 55.5 Å². The maximum Gasteiger partial charge on any atom is 0.251 e. The third kappa shape index (κ3) is 7.25. The molecule has 2 rings (SSSR count). The van der Waals surface area contributed by atoms with Crippen molar-refractivity contribution in [1.29, 1.82) is 0 Å². The first-order chi connectivity index (χ1) is 12.1. The van der Waals surface area contributed by atoms with Gasteiger partial charge in [0, 0.05) is 18.2 Å². The van der Waals surface area contributed by atoms with Gasteiger partial charge in [-0.15, -0.1) is 12.4 Å². The maximum absolute atomic E-state index is 12.5. The molecule has 0 fully saturated rings. The topological polar surface area (TPSA) is 84.2 Å². The highest BCUT2D eigenvalue weighted by atomic mass is 35.5. The number of nitrogens with two attached hydrogens (primary N) is 1. The van der Waals surface area contributed by atoms with Crippen LogP contribution in [0.5, 0.6) is 0 Å². The van der Waals surface area contributed by atoms with Crippen molar-refractivity contribution in [2.45, 2.75) is 31.8 Å². The third-order valence-electron chi connectivity index (χ3n) is 3.85. The van der Waals surface area contributed by atoms with Crippen LogP contribution < -0.4 is 16.4 Å². The molecule has 0 heterocycles. The average Bonchev–Trinajstić information content (AvgIpc) is 2.62. The summed E-state index contributed by atoms with van der Waals surface area (Å²) in [4.78, 5) is 24.7. The molecule has 0 aliphatic carbocycles. The van der Waals surface area contributed by atoms with Crippen molar-refractivity contribution in [3.63, 3.8) is 0 Å². The number of rotatable bonds is 8. The zero-order valence-corrected chi connectivity index (χ0v) is 15.7. The first-order valence-corrected chi connectivity index (χ1v) is 8.49. The van der Waals surface area contributed by atoms with Crippen molar-refractivity contribution in [2.24, 2.45) is 5.73 Å². The van der Waals surface area contributed by atoms with Crippen LogP contribution in [0.1, 0.15) is 41.7 Å². The number of carbonyl (C=O) groups is 2. The van der Waals surface area contributed by atoms with E-state index in [0.29, 0.717) is 12.1 Å². The molecule has 6 heteroatoms. The summed E-state index contributed by atoms with van der Waals surface area (Å²) in [6, 6.07) is 18.2. The predicted octanol–water partition coefficient (Wildman–Crippen LogP) is 2.82. The van der Waals surface area contributed by atoms with Gasteiger partial charge in [-0.3, -0.25) is 9.59 Å². The Morgan fingerprint density at radius 1 is 1.00 bits per heavy atom. The summed E-state index contributed by atoms with van der Waals surface area (Å²) in [7, 11) is 0. The number of amides is 2. The molecular formula is C20H26ClN3O2. The van der Waals surface area contributed by atoms with Crippen LogP contribution in [-0.4, -0.2) is 24.4 Å². The molecule has 2 amide bonds. The van der Waals surface area contributed by atoms with Gasteiger partial charge < -0.3 is 16.4 Å². The highest BCUT2D eigenvalue weighted by Crippen LogP contribution is 2.17. The molecular weight excluding hydrogens is 350 g/mol. The molecule has 4 N–H and O–H groups in total. The van der Waals surface area contributed by atoms with Crippen molar-refractivity contribution in [2.75, 3.05) is 6.54 Å². The Hall–Kier alpha value is -2.37. The monoisotopic (exact) mass is 375 g/mol. The lowest BCUT2D eigenvalue weighted by atomic mass is 10.0. The van der Waals surface area contributed by atoms with E-state index in [1.54, 1.807) is 12.1 Å². The summed E-state index contributed by atoms with van der Waals surface area (Å²) in [5.74, 6) is -0.305. The predicted molar refractivity (Wildman–Crippen MR) is 106 cm³/mol. The summed E-state index contributed by atoms with van der Waals surface area (Å²) in [6.07, 6.45) is 0.902. The molecule has 0 radical (unpaired) electrons. The van der Waals surface area contributed by atoms with Crippen LogP contribution in [-0.2, 0) is 4.79 Å². The zero-order valence-electron chi connectivity index (χ0n) is 14.9. The molecule has 0 aromatic heterocycles. The highest BCUT2D eigenvalue weighted by Gasteiger charge is 2.19. The average molecular weight is 376 g/mol. The van der Waals surface area contributed by atoms with Gasteiger partial charge in [-0.2, -0.15) is 0 Å². The number of nitrogens with one attached hydrogen (secondary N) is 2. The highest BCUT2D eigenvalue weighted by molar-refractivity contribution is 5.94. The SMILES string of the molecule is CC(N)CCNC(=O)CC(NC(=O)c1ccccc1)c1ccccc1.Cl. The molecule has 2 unspecified atom stereocenters. The van der Waals surface area contributed by atoms with Crippen LogP contribution >= 0.6 is 12.4 Å². The van der Waals surface area contributed by atoms with Gasteiger partial charge in [0.25, 0.3) is 5.91 Å². The van der Waals surface area contributed by atoms with E-state index in [1.165, 1.54) is 0 Å². The molecule has 0 aliphatic heterocycles. The Balaban J connectivity index is 0.00000338. The molecule has 26 heavy (non-hydrogen) atoms. The first-order valence-electron chi connectivity index (χ1n) is 8.49. The number of benzene rings is 2. The molecule has 0 spiro atoms. The van der Waals surface area contributed by atoms with Crippen LogP contribution in [0.25, 0.3) is 0 Å². The van der Waals surface area contributed by atoms with Crippen molar-refractivity contribution in [1.82, 2.24) is 10.6 Å². The summed E-state index contributed by atoms with van der Waals surface area (Å²) in [5, 5.41) is 5.81. The van der Waals surface area contributed by atoms with E-state index in [4.69, 9.17) is 5.73 Å². The Morgan fingerprint density at radius 2 is 1.58 bits per heavy atom. The molecule has 5 nitrogen and oxygen atoms in total. The molecule has 0 saturated heterocycles. The van der Waals surface area contributed by atoms with Gasteiger partial charge in [0.1, 0.15) is 0 Å². The van der Waals surface area contributed by atoms with Gasteiger partial charge in [-0.25, -0.2) is 0 Å². The second-order valence-corrected chi connectivity index (χ2v) is 6.12. The van der Waals surface area contributed by atoms with E-state index < -0.39 is 0 Å². The number of hydrogen-bond donors (Lipinski definition) is 3. The molecule has 140 valence electrons. The first kappa shape index (κ1) is 21.7.